The molecule has 2 heterocycles. The van der Waals surface area contributed by atoms with Crippen molar-refractivity contribution in [3.05, 3.63) is 43.7 Å². The first kappa shape index (κ1) is 14.6. The summed E-state index contributed by atoms with van der Waals surface area (Å²) in [5, 5.41) is 1.21. The van der Waals surface area contributed by atoms with Gasteiger partial charge >= 0.3 is 0 Å². The van der Waals surface area contributed by atoms with Crippen molar-refractivity contribution in [2.45, 2.75) is 6.54 Å². The van der Waals surface area contributed by atoms with Gasteiger partial charge in [-0.3, -0.25) is 4.57 Å². The van der Waals surface area contributed by atoms with Crippen LogP contribution in [0.4, 0.5) is 5.95 Å². The smallest absolute Gasteiger partial charge is 0.223 e. The molecule has 0 amide bonds. The largest absolute Gasteiger partial charge is 0.368 e. The number of aromatic amines is 1. The Morgan fingerprint density at radius 3 is 2.67 bits per heavy atom. The molecule has 0 fully saturated rings. The van der Waals surface area contributed by atoms with E-state index >= 15 is 0 Å². The van der Waals surface area contributed by atoms with Gasteiger partial charge in [-0.05, 0) is 29.9 Å². The number of anilines is 1. The van der Waals surface area contributed by atoms with Crippen LogP contribution in [0, 0.1) is 4.77 Å². The Morgan fingerprint density at radius 2 is 1.95 bits per heavy atom. The maximum atomic E-state index is 6.04. The highest BCUT2D eigenvalue weighted by Crippen LogP contribution is 2.25. The number of fused-ring (bicyclic) bond motifs is 1. The van der Waals surface area contributed by atoms with Crippen LogP contribution in [0.15, 0.2) is 18.2 Å². The second kappa shape index (κ2) is 5.46. The highest BCUT2D eigenvalue weighted by atomic mass is 35.5. The van der Waals surface area contributed by atoms with Crippen molar-refractivity contribution >= 4 is 64.1 Å². The van der Waals surface area contributed by atoms with E-state index in [-0.39, 0.29) is 11.1 Å². The van der Waals surface area contributed by atoms with Gasteiger partial charge in [-0.15, -0.1) is 0 Å². The van der Waals surface area contributed by atoms with Gasteiger partial charge in [0, 0.05) is 0 Å². The van der Waals surface area contributed by atoms with Crippen LogP contribution in [0.25, 0.3) is 11.2 Å². The predicted octanol–water partition coefficient (Wildman–Crippen LogP) is 4.08. The number of H-pyrrole nitrogens is 1. The fourth-order valence-electron chi connectivity index (χ4n) is 1.98. The fraction of sp³-hybridized carbons (Fsp3) is 0.0833. The van der Waals surface area contributed by atoms with E-state index in [2.05, 4.69) is 15.0 Å². The highest BCUT2D eigenvalue weighted by Gasteiger charge is 2.12. The Balaban J connectivity index is 2.14. The normalized spacial score (nSPS) is 11.2. The maximum Gasteiger partial charge on any atom is 0.223 e. The lowest BCUT2D eigenvalue weighted by molar-refractivity contribution is 0.800. The number of aromatic nitrogens is 4. The van der Waals surface area contributed by atoms with Gasteiger partial charge < -0.3 is 10.7 Å². The van der Waals surface area contributed by atoms with Crippen LogP contribution in [0.1, 0.15) is 5.56 Å². The summed E-state index contributed by atoms with van der Waals surface area (Å²) in [6.45, 7) is 0.461. The van der Waals surface area contributed by atoms with Gasteiger partial charge in [-0.1, -0.05) is 40.9 Å². The Kier molecular flexibility index (Phi) is 3.79. The number of nitrogens with one attached hydrogen (secondary N) is 1. The molecule has 0 radical (unpaired) electrons. The number of nitrogens with two attached hydrogens (primary N) is 1. The average molecular weight is 361 g/mol. The molecular formula is C12H8Cl3N5S. The minimum atomic E-state index is 0.0874. The van der Waals surface area contributed by atoms with Gasteiger partial charge in [-0.2, -0.15) is 9.97 Å². The lowest BCUT2D eigenvalue weighted by Crippen LogP contribution is -2.03. The Hall–Kier alpha value is -1.34. The van der Waals surface area contributed by atoms with Gasteiger partial charge in [0.05, 0.1) is 16.6 Å². The summed E-state index contributed by atoms with van der Waals surface area (Å²) in [5.41, 5.74) is 7.66. The van der Waals surface area contributed by atoms with Crippen molar-refractivity contribution in [3.8, 4) is 0 Å². The molecule has 2 aromatic heterocycles. The molecule has 21 heavy (non-hydrogen) atoms. The zero-order valence-corrected chi connectivity index (χ0v) is 13.5. The SMILES string of the molecule is Nc1nc(Cl)c2[nH]c(=S)n(Cc3ccc(Cl)c(Cl)c3)c2n1. The molecule has 108 valence electrons. The first-order valence-electron chi connectivity index (χ1n) is 5.81. The second-order valence-corrected chi connectivity index (χ2v) is 5.90. The predicted molar refractivity (Wildman–Crippen MR) is 87.7 cm³/mol. The molecule has 3 N–H and O–H groups in total. The topological polar surface area (TPSA) is 72.5 Å². The molecule has 0 aliphatic heterocycles. The van der Waals surface area contributed by atoms with Crippen LogP contribution in [0.2, 0.25) is 15.2 Å². The second-order valence-electron chi connectivity index (χ2n) is 4.34. The number of rotatable bonds is 2. The molecule has 0 atom stereocenters. The van der Waals surface area contributed by atoms with E-state index < -0.39 is 0 Å². The van der Waals surface area contributed by atoms with E-state index in [0.29, 0.717) is 32.5 Å². The van der Waals surface area contributed by atoms with Gasteiger partial charge in [0.1, 0.15) is 5.52 Å². The summed E-state index contributed by atoms with van der Waals surface area (Å²) in [6, 6.07) is 5.37. The van der Waals surface area contributed by atoms with Gasteiger partial charge in [-0.25, -0.2) is 0 Å². The molecule has 0 saturated heterocycles. The zero-order chi connectivity index (χ0) is 15.1. The molecule has 0 aliphatic rings. The van der Waals surface area contributed by atoms with Crippen molar-refractivity contribution in [2.24, 2.45) is 0 Å². The van der Waals surface area contributed by atoms with E-state index in [9.17, 15) is 0 Å². The van der Waals surface area contributed by atoms with E-state index in [4.69, 9.17) is 52.8 Å². The summed E-state index contributed by atoms with van der Waals surface area (Å²) in [7, 11) is 0. The van der Waals surface area contributed by atoms with Crippen LogP contribution in [0.3, 0.4) is 0 Å². The van der Waals surface area contributed by atoms with E-state index in [1.54, 1.807) is 16.7 Å². The summed E-state index contributed by atoms with van der Waals surface area (Å²) < 4.78 is 2.24. The molecule has 5 nitrogen and oxygen atoms in total. The molecular weight excluding hydrogens is 353 g/mol. The highest BCUT2D eigenvalue weighted by molar-refractivity contribution is 7.71. The number of hydrogen-bond donors (Lipinski definition) is 2. The molecule has 3 rings (SSSR count). The first-order valence-corrected chi connectivity index (χ1v) is 7.35. The average Bonchev–Trinajstić information content (AvgIpc) is 2.72. The standard InChI is InChI=1S/C12H8Cl3N5S/c13-6-2-1-5(3-7(6)14)4-20-10-8(17-12(20)21)9(15)18-11(16)19-10/h1-3H,4H2,(H,17,21)(H2,16,18,19). The maximum absolute atomic E-state index is 6.04. The lowest BCUT2D eigenvalue weighted by atomic mass is 10.2. The fourth-order valence-corrected chi connectivity index (χ4v) is 2.77. The number of imidazole rings is 1. The molecule has 9 heteroatoms. The molecule has 0 aliphatic carbocycles. The third kappa shape index (κ3) is 2.72. The van der Waals surface area contributed by atoms with E-state index in [1.807, 2.05) is 6.07 Å². The monoisotopic (exact) mass is 359 g/mol. The van der Waals surface area contributed by atoms with Crippen molar-refractivity contribution in [3.63, 3.8) is 0 Å². The number of halogens is 3. The molecule has 0 unspecified atom stereocenters. The van der Waals surface area contributed by atoms with Crippen LogP contribution in [0.5, 0.6) is 0 Å². The molecule has 0 bridgehead atoms. The summed E-state index contributed by atoms with van der Waals surface area (Å²) in [4.78, 5) is 11.0. The minimum Gasteiger partial charge on any atom is -0.368 e. The van der Waals surface area contributed by atoms with E-state index in [1.165, 1.54) is 0 Å². The molecule has 3 aromatic rings. The van der Waals surface area contributed by atoms with Crippen molar-refractivity contribution in [1.29, 1.82) is 0 Å². The lowest BCUT2D eigenvalue weighted by Gasteiger charge is -2.06. The first-order chi connectivity index (χ1) is 9.95. The van der Waals surface area contributed by atoms with Crippen LogP contribution < -0.4 is 5.73 Å². The summed E-state index contributed by atoms with van der Waals surface area (Å²) in [5.74, 6) is 0.0874. The summed E-state index contributed by atoms with van der Waals surface area (Å²) in [6.07, 6.45) is 0. The third-order valence-electron chi connectivity index (χ3n) is 2.92. The Morgan fingerprint density at radius 1 is 1.19 bits per heavy atom. The Labute approximate surface area is 139 Å². The van der Waals surface area contributed by atoms with Gasteiger partial charge in [0.25, 0.3) is 0 Å². The van der Waals surface area contributed by atoms with Crippen LogP contribution >= 0.6 is 47.0 Å². The number of nitrogens with zero attached hydrogens (tertiary/aromatic N) is 3. The van der Waals surface area contributed by atoms with Crippen molar-refractivity contribution < 1.29 is 0 Å². The van der Waals surface area contributed by atoms with Crippen molar-refractivity contribution in [2.75, 3.05) is 5.73 Å². The number of nitrogen functional groups attached to an aromatic ring is 1. The number of benzene rings is 1. The van der Waals surface area contributed by atoms with Crippen LogP contribution in [-0.2, 0) is 6.54 Å². The van der Waals surface area contributed by atoms with Crippen molar-refractivity contribution in [1.82, 2.24) is 19.5 Å². The third-order valence-corrected chi connectivity index (χ3v) is 4.26. The number of hydrogen-bond acceptors (Lipinski definition) is 4. The summed E-state index contributed by atoms with van der Waals surface area (Å²) >= 11 is 23.3. The minimum absolute atomic E-state index is 0.0874. The van der Waals surface area contributed by atoms with Crippen LogP contribution in [-0.4, -0.2) is 19.5 Å². The molecule has 0 spiro atoms. The zero-order valence-electron chi connectivity index (χ0n) is 10.4. The Bertz CT molecular complexity index is 902. The molecule has 0 saturated carbocycles. The van der Waals surface area contributed by atoms with E-state index in [0.717, 1.165) is 5.56 Å². The van der Waals surface area contributed by atoms with Gasteiger partial charge in [0.15, 0.2) is 15.6 Å². The molecule has 1 aromatic carbocycles. The van der Waals surface area contributed by atoms with Gasteiger partial charge in [0.2, 0.25) is 5.95 Å². The quantitative estimate of drug-likeness (QED) is 0.533.